The fourth-order valence-corrected chi connectivity index (χ4v) is 5.07. The highest BCUT2D eigenvalue weighted by atomic mass is 35.5. The van der Waals surface area contributed by atoms with Crippen LogP contribution in [0.15, 0.2) is 42.5 Å². The molecular weight excluding hydrogens is 323 g/mol. The van der Waals surface area contributed by atoms with Crippen LogP contribution in [-0.4, -0.2) is 0 Å². The van der Waals surface area contributed by atoms with Crippen molar-refractivity contribution in [2.24, 2.45) is 11.8 Å². The van der Waals surface area contributed by atoms with E-state index in [0.29, 0.717) is 27.8 Å². The fourth-order valence-electron chi connectivity index (χ4n) is 3.95. The highest BCUT2D eigenvalue weighted by Gasteiger charge is 2.56. The van der Waals surface area contributed by atoms with Crippen LogP contribution in [0, 0.1) is 11.8 Å². The van der Waals surface area contributed by atoms with E-state index in [0.717, 1.165) is 5.56 Å². The summed E-state index contributed by atoms with van der Waals surface area (Å²) in [7, 11) is 0. The Kier molecular flexibility index (Phi) is 3.45. The van der Waals surface area contributed by atoms with E-state index in [-0.39, 0.29) is 5.38 Å². The second kappa shape index (κ2) is 5.19. The maximum absolute atomic E-state index is 6.77. The number of alkyl halides is 1. The molecular formula is C18H15Cl3. The monoisotopic (exact) mass is 336 g/mol. The normalized spacial score (nSPS) is 27.7. The summed E-state index contributed by atoms with van der Waals surface area (Å²) >= 11 is 19.1. The third-order valence-electron chi connectivity index (χ3n) is 4.99. The average Bonchev–Trinajstić information content (AvgIpc) is 3.21. The van der Waals surface area contributed by atoms with Crippen molar-refractivity contribution in [3.8, 4) is 0 Å². The van der Waals surface area contributed by atoms with Gasteiger partial charge < -0.3 is 0 Å². The van der Waals surface area contributed by atoms with Crippen molar-refractivity contribution in [3.63, 3.8) is 0 Å². The summed E-state index contributed by atoms with van der Waals surface area (Å²) in [5.74, 6) is 1.80. The number of hydrogen-bond donors (Lipinski definition) is 0. The van der Waals surface area contributed by atoms with Crippen LogP contribution in [0.5, 0.6) is 0 Å². The van der Waals surface area contributed by atoms with E-state index in [1.54, 1.807) is 6.07 Å². The molecule has 2 aromatic rings. The van der Waals surface area contributed by atoms with Crippen molar-refractivity contribution in [2.75, 3.05) is 0 Å². The summed E-state index contributed by atoms with van der Waals surface area (Å²) in [6.45, 7) is 0. The quantitative estimate of drug-likeness (QED) is 0.568. The van der Waals surface area contributed by atoms with Gasteiger partial charge in [0.2, 0.25) is 0 Å². The molecule has 4 rings (SSSR count). The maximum Gasteiger partial charge on any atom is 0.0636 e. The first kappa shape index (κ1) is 13.9. The topological polar surface area (TPSA) is 0 Å². The van der Waals surface area contributed by atoms with E-state index in [1.807, 2.05) is 12.1 Å². The Bertz CT molecular complexity index is 695. The van der Waals surface area contributed by atoms with E-state index < -0.39 is 0 Å². The lowest BCUT2D eigenvalue weighted by Crippen LogP contribution is -2.00. The minimum absolute atomic E-state index is 0.0316. The van der Waals surface area contributed by atoms with Crippen molar-refractivity contribution in [3.05, 3.63) is 69.2 Å². The van der Waals surface area contributed by atoms with Gasteiger partial charge in [-0.05, 0) is 59.4 Å². The van der Waals surface area contributed by atoms with Gasteiger partial charge in [-0.3, -0.25) is 0 Å². The zero-order chi connectivity index (χ0) is 14.6. The molecule has 2 aromatic carbocycles. The smallest absolute Gasteiger partial charge is 0.0636 e. The summed E-state index contributed by atoms with van der Waals surface area (Å²) in [6, 6.07) is 14.4. The van der Waals surface area contributed by atoms with Crippen LogP contribution in [0.3, 0.4) is 0 Å². The highest BCUT2D eigenvalue weighted by Crippen LogP contribution is 2.66. The Labute approximate surface area is 140 Å². The van der Waals surface area contributed by atoms with Crippen molar-refractivity contribution in [2.45, 2.75) is 24.1 Å². The number of benzene rings is 2. The summed E-state index contributed by atoms with van der Waals surface area (Å²) in [6.07, 6.45) is 2.41. The molecule has 3 heteroatoms. The molecule has 0 heterocycles. The number of hydrogen-bond acceptors (Lipinski definition) is 0. The van der Waals surface area contributed by atoms with E-state index in [2.05, 4.69) is 24.3 Å². The molecule has 1 saturated carbocycles. The molecule has 0 saturated heterocycles. The standard InChI is InChI=1S/C18H15Cl3/c19-11-6-8-13(15(20)9-11)18(21)17-14-7-5-10-3-1-2-4-12(10)16(14)17/h1-4,6,8-9,14,16-18H,5,7H2. The Hall–Kier alpha value is -0.690. The minimum atomic E-state index is -0.0316. The summed E-state index contributed by atoms with van der Waals surface area (Å²) in [5, 5.41) is 1.31. The molecule has 21 heavy (non-hydrogen) atoms. The van der Waals surface area contributed by atoms with Gasteiger partial charge in [-0.2, -0.15) is 0 Å². The van der Waals surface area contributed by atoms with E-state index in [1.165, 1.54) is 24.0 Å². The summed E-state index contributed by atoms with van der Waals surface area (Å²) < 4.78 is 0. The third-order valence-corrected chi connectivity index (χ3v) is 6.08. The van der Waals surface area contributed by atoms with Gasteiger partial charge in [-0.25, -0.2) is 0 Å². The Morgan fingerprint density at radius 1 is 1.05 bits per heavy atom. The molecule has 1 fully saturated rings. The van der Waals surface area contributed by atoms with E-state index in [4.69, 9.17) is 34.8 Å². The predicted octanol–water partition coefficient (Wildman–Crippen LogP) is 6.25. The van der Waals surface area contributed by atoms with Crippen LogP contribution < -0.4 is 0 Å². The molecule has 0 aliphatic heterocycles. The molecule has 0 amide bonds. The van der Waals surface area contributed by atoms with Gasteiger partial charge in [0, 0.05) is 10.0 Å². The highest BCUT2D eigenvalue weighted by molar-refractivity contribution is 6.35. The number of halogens is 3. The van der Waals surface area contributed by atoms with Gasteiger partial charge in [0.15, 0.2) is 0 Å². The molecule has 0 nitrogen and oxygen atoms in total. The van der Waals surface area contributed by atoms with Gasteiger partial charge in [-0.1, -0.05) is 53.5 Å². The Morgan fingerprint density at radius 3 is 2.67 bits per heavy atom. The minimum Gasteiger partial charge on any atom is -0.117 e. The molecule has 2 aliphatic rings. The lowest BCUT2D eigenvalue weighted by Gasteiger charge is -2.13. The second-order valence-electron chi connectivity index (χ2n) is 6.07. The van der Waals surface area contributed by atoms with Crippen molar-refractivity contribution >= 4 is 34.8 Å². The second-order valence-corrected chi connectivity index (χ2v) is 7.39. The van der Waals surface area contributed by atoms with Crippen LogP contribution in [0.2, 0.25) is 10.0 Å². The summed E-state index contributed by atoms with van der Waals surface area (Å²) in [4.78, 5) is 0. The zero-order valence-electron chi connectivity index (χ0n) is 11.4. The lowest BCUT2D eigenvalue weighted by atomic mass is 9.92. The van der Waals surface area contributed by atoms with Crippen LogP contribution in [-0.2, 0) is 6.42 Å². The lowest BCUT2D eigenvalue weighted by molar-refractivity contribution is 0.622. The fraction of sp³-hybridized carbons (Fsp3) is 0.333. The maximum atomic E-state index is 6.77. The van der Waals surface area contributed by atoms with E-state index in [9.17, 15) is 0 Å². The largest absolute Gasteiger partial charge is 0.117 e. The van der Waals surface area contributed by atoms with Gasteiger partial charge in [0.05, 0.1) is 5.38 Å². The Morgan fingerprint density at radius 2 is 1.86 bits per heavy atom. The third kappa shape index (κ3) is 2.29. The van der Waals surface area contributed by atoms with Gasteiger partial charge >= 0.3 is 0 Å². The number of aryl methyl sites for hydroxylation is 1. The average molecular weight is 338 g/mol. The predicted molar refractivity (Wildman–Crippen MR) is 89.5 cm³/mol. The van der Waals surface area contributed by atoms with Crippen LogP contribution in [0.25, 0.3) is 0 Å². The molecule has 2 aliphatic carbocycles. The van der Waals surface area contributed by atoms with Crippen molar-refractivity contribution < 1.29 is 0 Å². The van der Waals surface area contributed by atoms with Crippen LogP contribution in [0.4, 0.5) is 0 Å². The van der Waals surface area contributed by atoms with Crippen LogP contribution in [0.1, 0.15) is 34.4 Å². The first-order valence-electron chi connectivity index (χ1n) is 7.33. The number of fused-ring (bicyclic) bond motifs is 3. The first-order chi connectivity index (χ1) is 10.2. The first-order valence-corrected chi connectivity index (χ1v) is 8.53. The SMILES string of the molecule is Clc1ccc(C(Cl)C2C3CCc4ccccc4C32)c(Cl)c1. The molecule has 0 radical (unpaired) electrons. The van der Waals surface area contributed by atoms with Crippen molar-refractivity contribution in [1.82, 2.24) is 0 Å². The molecule has 0 N–H and O–H groups in total. The zero-order valence-corrected chi connectivity index (χ0v) is 13.7. The van der Waals surface area contributed by atoms with Crippen LogP contribution >= 0.6 is 34.8 Å². The summed E-state index contributed by atoms with van der Waals surface area (Å²) in [5.41, 5.74) is 4.00. The van der Waals surface area contributed by atoms with Gasteiger partial charge in [0.1, 0.15) is 0 Å². The van der Waals surface area contributed by atoms with E-state index >= 15 is 0 Å². The van der Waals surface area contributed by atoms with Gasteiger partial charge in [0.25, 0.3) is 0 Å². The molecule has 0 aromatic heterocycles. The molecule has 4 atom stereocenters. The molecule has 108 valence electrons. The molecule has 0 bridgehead atoms. The molecule has 0 spiro atoms. The Balaban J connectivity index is 1.65. The molecule has 4 unspecified atom stereocenters. The number of rotatable bonds is 2. The van der Waals surface area contributed by atoms with Crippen molar-refractivity contribution in [1.29, 1.82) is 0 Å². The van der Waals surface area contributed by atoms with Gasteiger partial charge in [-0.15, -0.1) is 11.6 Å².